The molecule has 0 heterocycles. The molecule has 0 saturated heterocycles. The number of non-ortho nitro benzene ring substituents is 1. The molecule has 2 atom stereocenters. The van der Waals surface area contributed by atoms with Crippen molar-refractivity contribution in [3.63, 3.8) is 0 Å². The second-order valence-electron chi connectivity index (χ2n) is 7.29. The van der Waals surface area contributed by atoms with Crippen LogP contribution in [-0.2, 0) is 31.0 Å². The Balaban J connectivity index is 1.92. The van der Waals surface area contributed by atoms with Gasteiger partial charge < -0.3 is 20.3 Å². The van der Waals surface area contributed by atoms with E-state index in [4.69, 9.17) is 4.74 Å². The lowest BCUT2D eigenvalue weighted by Crippen LogP contribution is -2.43. The van der Waals surface area contributed by atoms with Crippen LogP contribution in [0.3, 0.4) is 0 Å². The van der Waals surface area contributed by atoms with Crippen molar-refractivity contribution in [2.24, 2.45) is 0 Å². The Labute approximate surface area is 199 Å². The van der Waals surface area contributed by atoms with Crippen LogP contribution in [0.15, 0.2) is 59.5 Å². The molecule has 0 saturated carbocycles. The predicted molar refractivity (Wildman–Crippen MR) is 120 cm³/mol. The maximum atomic E-state index is 12.5. The lowest BCUT2D eigenvalue weighted by molar-refractivity contribution is -0.384. The summed E-state index contributed by atoms with van der Waals surface area (Å²) in [4.78, 5) is 44.5. The van der Waals surface area contributed by atoms with E-state index in [-0.39, 0.29) is 36.5 Å². The van der Waals surface area contributed by atoms with Gasteiger partial charge in [0.25, 0.3) is 5.69 Å². The fraction of sp³-hybridized carbons (Fsp3) is 0.286. The minimum absolute atomic E-state index is 0.0737. The molecule has 2 unspecified atom stereocenters. The zero-order valence-electron chi connectivity index (χ0n) is 18.2. The molecule has 0 aliphatic heterocycles. The van der Waals surface area contributed by atoms with Gasteiger partial charge in [0.15, 0.2) is 0 Å². The number of aliphatic carboxylic acids is 2. The summed E-state index contributed by atoms with van der Waals surface area (Å²) in [6, 6.07) is 9.55. The molecule has 2 aromatic rings. The van der Waals surface area contributed by atoms with E-state index in [1.54, 1.807) is 30.3 Å². The van der Waals surface area contributed by atoms with Crippen molar-refractivity contribution in [3.05, 3.63) is 70.3 Å². The summed E-state index contributed by atoms with van der Waals surface area (Å²) >= 11 is 0. The zero-order valence-corrected chi connectivity index (χ0v) is 19.0. The van der Waals surface area contributed by atoms with Crippen molar-refractivity contribution < 1.29 is 42.7 Å². The first-order valence-corrected chi connectivity index (χ1v) is 11.7. The van der Waals surface area contributed by atoms with Gasteiger partial charge in [0.1, 0.15) is 18.7 Å². The summed E-state index contributed by atoms with van der Waals surface area (Å²) in [5.41, 5.74) is 0.354. The SMILES string of the molecule is O=C(NC(CCCC(NS(=O)(=O)c1ccc([N+](=O)[O-])cc1)C(=O)O)C(=O)O)OCc1ccccc1. The average molecular weight is 509 g/mol. The molecule has 35 heavy (non-hydrogen) atoms. The second-order valence-corrected chi connectivity index (χ2v) is 9.00. The molecule has 13 nitrogen and oxygen atoms in total. The van der Waals surface area contributed by atoms with E-state index in [0.29, 0.717) is 5.56 Å². The summed E-state index contributed by atoms with van der Waals surface area (Å²) in [5.74, 6) is -2.88. The van der Waals surface area contributed by atoms with Gasteiger partial charge in [-0.05, 0) is 37.0 Å². The number of carboxylic acid groups (broad SMARTS) is 2. The maximum absolute atomic E-state index is 12.5. The topological polar surface area (TPSA) is 202 Å². The third-order valence-corrected chi connectivity index (χ3v) is 6.23. The van der Waals surface area contributed by atoms with Crippen molar-refractivity contribution in [2.75, 3.05) is 0 Å². The third kappa shape index (κ3) is 8.68. The number of rotatable bonds is 13. The number of nitrogens with zero attached hydrogens (tertiary/aromatic N) is 1. The van der Waals surface area contributed by atoms with Gasteiger partial charge in [-0.25, -0.2) is 18.0 Å². The molecular formula is C21H23N3O10S. The molecule has 0 aliphatic carbocycles. The first kappa shape index (κ1) is 27.2. The molecule has 2 aromatic carbocycles. The van der Waals surface area contributed by atoms with E-state index in [1.807, 2.05) is 4.72 Å². The van der Waals surface area contributed by atoms with E-state index >= 15 is 0 Å². The summed E-state index contributed by atoms with van der Waals surface area (Å²) in [6.45, 7) is -0.0788. The predicted octanol–water partition coefficient (Wildman–Crippen LogP) is 1.88. The monoisotopic (exact) mass is 509 g/mol. The summed E-state index contributed by atoms with van der Waals surface area (Å²) in [6.07, 6.45) is -1.53. The number of nitrogens with one attached hydrogen (secondary N) is 2. The second kappa shape index (κ2) is 12.4. The molecule has 1 amide bonds. The molecule has 2 rings (SSSR count). The fourth-order valence-corrected chi connectivity index (χ4v) is 4.15. The number of benzene rings is 2. The van der Waals surface area contributed by atoms with Gasteiger partial charge in [0.2, 0.25) is 10.0 Å². The van der Waals surface area contributed by atoms with E-state index < -0.39 is 45.1 Å². The molecule has 0 aliphatic rings. The Hall–Kier alpha value is -4.04. The van der Waals surface area contributed by atoms with Crippen LogP contribution < -0.4 is 10.0 Å². The molecule has 4 N–H and O–H groups in total. The van der Waals surface area contributed by atoms with Crippen LogP contribution in [0.4, 0.5) is 10.5 Å². The van der Waals surface area contributed by atoms with Crippen LogP contribution >= 0.6 is 0 Å². The highest BCUT2D eigenvalue weighted by atomic mass is 32.2. The van der Waals surface area contributed by atoms with E-state index in [9.17, 15) is 43.1 Å². The van der Waals surface area contributed by atoms with Gasteiger partial charge in [-0.2, -0.15) is 4.72 Å². The quantitative estimate of drug-likeness (QED) is 0.228. The smallest absolute Gasteiger partial charge is 0.408 e. The van der Waals surface area contributed by atoms with Crippen LogP contribution in [0.25, 0.3) is 0 Å². The third-order valence-electron chi connectivity index (χ3n) is 4.74. The molecular weight excluding hydrogens is 486 g/mol. The summed E-state index contributed by atoms with van der Waals surface area (Å²) in [5, 5.41) is 31.6. The van der Waals surface area contributed by atoms with Crippen molar-refractivity contribution >= 4 is 33.7 Å². The first-order valence-electron chi connectivity index (χ1n) is 10.2. The van der Waals surface area contributed by atoms with Gasteiger partial charge in [0, 0.05) is 12.1 Å². The number of nitro benzene ring substituents is 1. The Morgan fingerprint density at radius 2 is 1.51 bits per heavy atom. The molecule has 14 heteroatoms. The molecule has 0 bridgehead atoms. The Morgan fingerprint density at radius 3 is 2.06 bits per heavy atom. The number of carbonyl (C=O) groups is 3. The molecule has 0 spiro atoms. The Bertz CT molecular complexity index is 1150. The van der Waals surface area contributed by atoms with Gasteiger partial charge in [-0.3, -0.25) is 14.9 Å². The lowest BCUT2D eigenvalue weighted by Gasteiger charge is -2.17. The highest BCUT2D eigenvalue weighted by Gasteiger charge is 2.27. The van der Waals surface area contributed by atoms with Gasteiger partial charge in [-0.15, -0.1) is 0 Å². The largest absolute Gasteiger partial charge is 0.480 e. The van der Waals surface area contributed by atoms with Gasteiger partial charge >= 0.3 is 18.0 Å². The Morgan fingerprint density at radius 1 is 0.943 bits per heavy atom. The van der Waals surface area contributed by atoms with E-state index in [1.165, 1.54) is 0 Å². The van der Waals surface area contributed by atoms with Crippen LogP contribution in [-0.4, -0.2) is 53.7 Å². The highest BCUT2D eigenvalue weighted by molar-refractivity contribution is 7.89. The van der Waals surface area contributed by atoms with Crippen molar-refractivity contribution in [1.82, 2.24) is 10.0 Å². The van der Waals surface area contributed by atoms with Crippen LogP contribution in [0, 0.1) is 10.1 Å². The van der Waals surface area contributed by atoms with Crippen molar-refractivity contribution in [3.8, 4) is 0 Å². The normalized spacial score (nSPS) is 12.8. The van der Waals surface area contributed by atoms with E-state index in [2.05, 4.69) is 5.32 Å². The molecule has 0 aromatic heterocycles. The van der Waals surface area contributed by atoms with Crippen LogP contribution in [0.2, 0.25) is 0 Å². The van der Waals surface area contributed by atoms with Crippen LogP contribution in [0.5, 0.6) is 0 Å². The minimum atomic E-state index is -4.33. The number of hydrogen-bond donors (Lipinski definition) is 4. The number of ether oxygens (including phenoxy) is 1. The average Bonchev–Trinajstić information content (AvgIpc) is 2.81. The highest BCUT2D eigenvalue weighted by Crippen LogP contribution is 2.17. The van der Waals surface area contributed by atoms with Crippen molar-refractivity contribution in [2.45, 2.75) is 42.8 Å². The lowest BCUT2D eigenvalue weighted by atomic mass is 10.1. The number of nitro groups is 1. The standard InChI is InChI=1S/C21H23N3O10S/c25-19(26)17(22-21(29)34-13-14-5-2-1-3-6-14)7-4-8-18(20(27)28)23-35(32,33)16-11-9-15(10-12-16)24(30)31/h1-3,5-6,9-12,17-18,23H,4,7-8,13H2,(H,22,29)(H,25,26)(H,27,28). The number of carboxylic acids is 2. The summed E-state index contributed by atoms with van der Waals surface area (Å²) < 4.78 is 31.9. The Kier molecular flexibility index (Phi) is 9.66. The first-order chi connectivity index (χ1) is 16.5. The van der Waals surface area contributed by atoms with E-state index in [0.717, 1.165) is 24.3 Å². The number of sulfonamides is 1. The van der Waals surface area contributed by atoms with Crippen LogP contribution in [0.1, 0.15) is 24.8 Å². The number of carbonyl (C=O) groups excluding carboxylic acids is 1. The van der Waals surface area contributed by atoms with Crippen molar-refractivity contribution in [1.29, 1.82) is 0 Å². The number of hydrogen-bond acceptors (Lipinski definition) is 8. The molecule has 188 valence electrons. The fourth-order valence-electron chi connectivity index (χ4n) is 2.93. The van der Waals surface area contributed by atoms with Gasteiger partial charge in [-0.1, -0.05) is 30.3 Å². The maximum Gasteiger partial charge on any atom is 0.408 e. The number of amides is 1. The zero-order chi connectivity index (χ0) is 26.0. The number of alkyl carbamates (subject to hydrolysis) is 1. The minimum Gasteiger partial charge on any atom is -0.480 e. The van der Waals surface area contributed by atoms with Gasteiger partial charge in [0.05, 0.1) is 9.82 Å². The molecule has 0 radical (unpaired) electrons. The summed E-state index contributed by atoms with van der Waals surface area (Å²) in [7, 11) is -4.33. The molecule has 0 fully saturated rings.